The fourth-order valence-electron chi connectivity index (χ4n) is 2.40. The maximum absolute atomic E-state index is 12.3. The van der Waals surface area contributed by atoms with Crippen molar-refractivity contribution in [3.8, 4) is 0 Å². The van der Waals surface area contributed by atoms with Crippen molar-refractivity contribution in [2.75, 3.05) is 31.1 Å². The predicted octanol–water partition coefficient (Wildman–Crippen LogP) is 1.99. The molecular formula is C14H15ClN4O2. The highest BCUT2D eigenvalue weighted by Gasteiger charge is 2.25. The molecule has 3 heterocycles. The van der Waals surface area contributed by atoms with Crippen molar-refractivity contribution < 1.29 is 9.32 Å². The van der Waals surface area contributed by atoms with Gasteiger partial charge in [0.1, 0.15) is 5.76 Å². The molecule has 0 saturated carbocycles. The summed E-state index contributed by atoms with van der Waals surface area (Å²) in [4.78, 5) is 20.2. The Morgan fingerprint density at radius 3 is 2.71 bits per heavy atom. The van der Waals surface area contributed by atoms with Crippen LogP contribution >= 0.6 is 11.6 Å². The van der Waals surface area contributed by atoms with Gasteiger partial charge in [-0.25, -0.2) is 0 Å². The van der Waals surface area contributed by atoms with E-state index in [1.54, 1.807) is 30.3 Å². The van der Waals surface area contributed by atoms with Crippen LogP contribution in [0.4, 0.5) is 5.69 Å². The Labute approximate surface area is 127 Å². The number of halogens is 1. The largest absolute Gasteiger partial charge is 0.367 e. The van der Waals surface area contributed by atoms with Crippen LogP contribution in [0.1, 0.15) is 16.2 Å². The van der Waals surface area contributed by atoms with E-state index in [-0.39, 0.29) is 5.91 Å². The lowest BCUT2D eigenvalue weighted by molar-refractivity contribution is 0.0736. The first-order valence-electron chi connectivity index (χ1n) is 6.72. The fourth-order valence-corrected chi connectivity index (χ4v) is 2.64. The summed E-state index contributed by atoms with van der Waals surface area (Å²) in [6, 6.07) is 3.55. The van der Waals surface area contributed by atoms with Gasteiger partial charge in [0.15, 0.2) is 5.69 Å². The average Bonchev–Trinajstić information content (AvgIpc) is 2.94. The highest BCUT2D eigenvalue weighted by Crippen LogP contribution is 2.25. The van der Waals surface area contributed by atoms with E-state index in [1.807, 2.05) is 6.07 Å². The summed E-state index contributed by atoms with van der Waals surface area (Å²) in [5.41, 5.74) is 1.32. The van der Waals surface area contributed by atoms with E-state index < -0.39 is 0 Å². The summed E-state index contributed by atoms with van der Waals surface area (Å²) in [5.74, 6) is 0.549. The third-order valence-corrected chi connectivity index (χ3v) is 3.80. The molecule has 0 aromatic carbocycles. The minimum Gasteiger partial charge on any atom is -0.367 e. The minimum atomic E-state index is -0.0904. The standard InChI is InChI=1S/C14H15ClN4O2/c1-10-8-12(17-21-10)14(20)19-6-4-18(5-7-19)13-2-3-16-9-11(13)15/h2-3,8-9H,4-7H2,1H3. The SMILES string of the molecule is Cc1cc(C(=O)N2CCN(c3ccncc3Cl)CC2)no1. The fraction of sp³-hybridized carbons (Fsp3) is 0.357. The Morgan fingerprint density at radius 1 is 1.33 bits per heavy atom. The summed E-state index contributed by atoms with van der Waals surface area (Å²) in [6.07, 6.45) is 3.35. The molecule has 0 aliphatic carbocycles. The summed E-state index contributed by atoms with van der Waals surface area (Å²) in [6.45, 7) is 4.48. The first-order valence-corrected chi connectivity index (χ1v) is 7.10. The zero-order valence-corrected chi connectivity index (χ0v) is 12.4. The van der Waals surface area contributed by atoms with Crippen molar-refractivity contribution in [3.63, 3.8) is 0 Å². The second-order valence-electron chi connectivity index (χ2n) is 4.93. The Morgan fingerprint density at radius 2 is 2.10 bits per heavy atom. The summed E-state index contributed by atoms with van der Waals surface area (Å²) < 4.78 is 4.95. The monoisotopic (exact) mass is 306 g/mol. The molecule has 110 valence electrons. The lowest BCUT2D eigenvalue weighted by Gasteiger charge is -2.36. The van der Waals surface area contributed by atoms with Gasteiger partial charge in [0, 0.05) is 44.6 Å². The molecule has 0 radical (unpaired) electrons. The van der Waals surface area contributed by atoms with Gasteiger partial charge in [-0.2, -0.15) is 0 Å². The molecule has 0 atom stereocenters. The number of nitrogens with zero attached hydrogens (tertiary/aromatic N) is 4. The lowest BCUT2D eigenvalue weighted by atomic mass is 10.2. The summed E-state index contributed by atoms with van der Waals surface area (Å²) in [7, 11) is 0. The molecule has 1 saturated heterocycles. The van der Waals surface area contributed by atoms with Crippen molar-refractivity contribution in [1.82, 2.24) is 15.0 Å². The Balaban J connectivity index is 1.65. The number of aromatic nitrogens is 2. The van der Waals surface area contributed by atoms with Gasteiger partial charge in [-0.15, -0.1) is 0 Å². The third-order valence-electron chi connectivity index (χ3n) is 3.51. The second kappa shape index (κ2) is 5.73. The van der Waals surface area contributed by atoms with Crippen LogP contribution in [-0.2, 0) is 0 Å². The molecule has 1 fully saturated rings. The molecule has 3 rings (SSSR count). The molecule has 0 bridgehead atoms. The molecule has 0 spiro atoms. The third kappa shape index (κ3) is 2.85. The van der Waals surface area contributed by atoms with E-state index >= 15 is 0 Å². The molecule has 1 aliphatic rings. The molecule has 2 aromatic heterocycles. The molecule has 0 N–H and O–H groups in total. The van der Waals surface area contributed by atoms with E-state index in [2.05, 4.69) is 15.0 Å². The summed E-state index contributed by atoms with van der Waals surface area (Å²) >= 11 is 6.15. The van der Waals surface area contributed by atoms with Gasteiger partial charge in [0.25, 0.3) is 5.91 Å². The second-order valence-corrected chi connectivity index (χ2v) is 5.34. The number of carbonyl (C=O) groups is 1. The Bertz CT molecular complexity index is 650. The number of aryl methyl sites for hydroxylation is 1. The van der Waals surface area contributed by atoms with Crippen molar-refractivity contribution in [3.05, 3.63) is 41.0 Å². The van der Waals surface area contributed by atoms with E-state index in [1.165, 1.54) is 0 Å². The lowest BCUT2D eigenvalue weighted by Crippen LogP contribution is -2.49. The van der Waals surface area contributed by atoms with Gasteiger partial charge in [-0.1, -0.05) is 16.8 Å². The molecule has 6 nitrogen and oxygen atoms in total. The highest BCUT2D eigenvalue weighted by atomic mass is 35.5. The number of rotatable bonds is 2. The maximum atomic E-state index is 12.3. The maximum Gasteiger partial charge on any atom is 0.276 e. The quantitative estimate of drug-likeness (QED) is 0.849. The van der Waals surface area contributed by atoms with Crippen LogP contribution in [0.3, 0.4) is 0 Å². The smallest absolute Gasteiger partial charge is 0.276 e. The van der Waals surface area contributed by atoms with E-state index in [9.17, 15) is 4.79 Å². The van der Waals surface area contributed by atoms with Crippen LogP contribution < -0.4 is 4.90 Å². The number of piperazine rings is 1. The van der Waals surface area contributed by atoms with Gasteiger partial charge in [0.05, 0.1) is 10.7 Å². The van der Waals surface area contributed by atoms with Crippen molar-refractivity contribution in [2.24, 2.45) is 0 Å². The molecule has 1 aliphatic heterocycles. The molecule has 2 aromatic rings. The minimum absolute atomic E-state index is 0.0904. The van der Waals surface area contributed by atoms with Crippen LogP contribution in [0.5, 0.6) is 0 Å². The number of hydrogen-bond acceptors (Lipinski definition) is 5. The van der Waals surface area contributed by atoms with Crippen LogP contribution in [0.25, 0.3) is 0 Å². The topological polar surface area (TPSA) is 62.5 Å². The van der Waals surface area contributed by atoms with Crippen LogP contribution in [0, 0.1) is 6.92 Å². The first kappa shape index (κ1) is 13.9. The van der Waals surface area contributed by atoms with Crippen LogP contribution in [0.2, 0.25) is 5.02 Å². The van der Waals surface area contributed by atoms with E-state index in [0.29, 0.717) is 29.6 Å². The van der Waals surface area contributed by atoms with Crippen LogP contribution in [0.15, 0.2) is 29.0 Å². The number of hydrogen-bond donors (Lipinski definition) is 0. The van der Waals surface area contributed by atoms with Crippen molar-refractivity contribution >= 4 is 23.2 Å². The molecule has 7 heteroatoms. The number of pyridine rings is 1. The first-order chi connectivity index (χ1) is 10.1. The highest BCUT2D eigenvalue weighted by molar-refractivity contribution is 6.33. The Kier molecular flexibility index (Phi) is 3.79. The molecule has 0 unspecified atom stereocenters. The normalized spacial score (nSPS) is 15.3. The molecular weight excluding hydrogens is 292 g/mol. The predicted molar refractivity (Wildman–Crippen MR) is 78.6 cm³/mol. The van der Waals surface area contributed by atoms with Gasteiger partial charge < -0.3 is 14.3 Å². The zero-order chi connectivity index (χ0) is 14.8. The van der Waals surface area contributed by atoms with Crippen molar-refractivity contribution in [1.29, 1.82) is 0 Å². The molecule has 21 heavy (non-hydrogen) atoms. The molecule has 1 amide bonds. The van der Waals surface area contributed by atoms with Gasteiger partial charge in [-0.05, 0) is 13.0 Å². The van der Waals surface area contributed by atoms with Gasteiger partial charge in [-0.3, -0.25) is 9.78 Å². The van der Waals surface area contributed by atoms with E-state index in [0.717, 1.165) is 18.8 Å². The Hall–Kier alpha value is -2.08. The average molecular weight is 307 g/mol. The van der Waals surface area contributed by atoms with Gasteiger partial charge in [0.2, 0.25) is 0 Å². The van der Waals surface area contributed by atoms with Crippen molar-refractivity contribution in [2.45, 2.75) is 6.92 Å². The number of carbonyl (C=O) groups excluding carboxylic acids is 1. The summed E-state index contributed by atoms with van der Waals surface area (Å²) in [5, 5.41) is 4.40. The van der Waals surface area contributed by atoms with E-state index in [4.69, 9.17) is 16.1 Å². The number of amides is 1. The van der Waals surface area contributed by atoms with Gasteiger partial charge >= 0.3 is 0 Å². The number of anilines is 1. The van der Waals surface area contributed by atoms with Crippen LogP contribution in [-0.4, -0.2) is 47.1 Å². The zero-order valence-electron chi connectivity index (χ0n) is 11.6.